The van der Waals surface area contributed by atoms with E-state index in [0.717, 1.165) is 0 Å². The lowest BCUT2D eigenvalue weighted by atomic mass is 10.3. The topological polar surface area (TPSA) is 73.9 Å². The Morgan fingerprint density at radius 3 is 2.95 bits per heavy atom. The van der Waals surface area contributed by atoms with Crippen LogP contribution in [-0.4, -0.2) is 34.1 Å². The minimum absolute atomic E-state index is 0.0192. The Bertz CT molecular complexity index is 570. The Morgan fingerprint density at radius 2 is 2.15 bits per heavy atom. The molecule has 0 bridgehead atoms. The van der Waals surface area contributed by atoms with Gasteiger partial charge in [-0.25, -0.2) is 13.1 Å². The summed E-state index contributed by atoms with van der Waals surface area (Å²) in [4.78, 5) is 0. The largest absolute Gasteiger partial charge is 0.493 e. The molecule has 1 aliphatic heterocycles. The molecule has 0 radical (unpaired) electrons. The second-order valence-corrected chi connectivity index (χ2v) is 6.10. The molecule has 0 fully saturated rings. The molecule has 1 aliphatic rings. The van der Waals surface area contributed by atoms with Gasteiger partial charge in [0.2, 0.25) is 16.8 Å². The standard InChI is InChI=1S/C13H17NO5S/c1-2-6-14-20(15,16)8-3-7-17-11-4-5-12-13(9-11)19-10-18-12/h2,4-5,9,14H,1,3,6-8,10H2. The Labute approximate surface area is 118 Å². The fraction of sp³-hybridized carbons (Fsp3) is 0.385. The number of fused-ring (bicyclic) bond motifs is 1. The van der Waals surface area contributed by atoms with Crippen molar-refractivity contribution < 1.29 is 22.6 Å². The lowest BCUT2D eigenvalue weighted by Crippen LogP contribution is -2.27. The van der Waals surface area contributed by atoms with Crippen LogP contribution in [0.15, 0.2) is 30.9 Å². The van der Waals surface area contributed by atoms with Gasteiger partial charge in [-0.05, 0) is 18.6 Å². The number of benzene rings is 1. The zero-order valence-electron chi connectivity index (χ0n) is 11.0. The van der Waals surface area contributed by atoms with Gasteiger partial charge in [0.15, 0.2) is 11.5 Å². The van der Waals surface area contributed by atoms with Gasteiger partial charge in [0.1, 0.15) is 5.75 Å². The lowest BCUT2D eigenvalue weighted by molar-refractivity contribution is 0.173. The van der Waals surface area contributed by atoms with Crippen LogP contribution in [0, 0.1) is 0 Å². The Balaban J connectivity index is 1.75. The van der Waals surface area contributed by atoms with Gasteiger partial charge in [0.25, 0.3) is 0 Å². The van der Waals surface area contributed by atoms with E-state index in [-0.39, 0.29) is 19.1 Å². The molecule has 0 aliphatic carbocycles. The van der Waals surface area contributed by atoms with Crippen molar-refractivity contribution in [1.82, 2.24) is 4.72 Å². The first-order valence-corrected chi connectivity index (χ1v) is 7.86. The summed E-state index contributed by atoms with van der Waals surface area (Å²) in [6.07, 6.45) is 1.90. The molecule has 1 aromatic rings. The molecule has 0 spiro atoms. The third-order valence-electron chi connectivity index (χ3n) is 2.62. The van der Waals surface area contributed by atoms with Crippen molar-refractivity contribution >= 4 is 10.0 Å². The van der Waals surface area contributed by atoms with Gasteiger partial charge >= 0.3 is 0 Å². The van der Waals surface area contributed by atoms with E-state index in [9.17, 15) is 8.42 Å². The Morgan fingerprint density at radius 1 is 1.35 bits per heavy atom. The summed E-state index contributed by atoms with van der Waals surface area (Å²) in [7, 11) is -3.25. The van der Waals surface area contributed by atoms with E-state index in [4.69, 9.17) is 14.2 Å². The molecule has 2 rings (SSSR count). The fourth-order valence-corrected chi connectivity index (χ4v) is 2.68. The highest BCUT2D eigenvalue weighted by molar-refractivity contribution is 7.89. The van der Waals surface area contributed by atoms with Crippen LogP contribution in [0.25, 0.3) is 0 Å². The van der Waals surface area contributed by atoms with Gasteiger partial charge < -0.3 is 14.2 Å². The number of hydrogen-bond acceptors (Lipinski definition) is 5. The smallest absolute Gasteiger partial charge is 0.231 e. The molecule has 6 nitrogen and oxygen atoms in total. The van der Waals surface area contributed by atoms with Gasteiger partial charge in [-0.3, -0.25) is 0 Å². The third-order valence-corrected chi connectivity index (χ3v) is 4.05. The summed E-state index contributed by atoms with van der Waals surface area (Å²) >= 11 is 0. The number of sulfonamides is 1. The van der Waals surface area contributed by atoms with Crippen molar-refractivity contribution in [2.75, 3.05) is 25.7 Å². The molecule has 0 saturated carbocycles. The second kappa shape index (κ2) is 6.62. The fourth-order valence-electron chi connectivity index (χ4n) is 1.66. The summed E-state index contributed by atoms with van der Waals surface area (Å²) < 4.78 is 41.3. The minimum Gasteiger partial charge on any atom is -0.493 e. The van der Waals surface area contributed by atoms with Gasteiger partial charge in [-0.2, -0.15) is 0 Å². The molecule has 0 amide bonds. The first kappa shape index (κ1) is 14.7. The molecule has 0 saturated heterocycles. The van der Waals surface area contributed by atoms with Crippen LogP contribution in [0.2, 0.25) is 0 Å². The number of ether oxygens (including phenoxy) is 3. The average Bonchev–Trinajstić information content (AvgIpc) is 2.89. The summed E-state index contributed by atoms with van der Waals surface area (Å²) in [5, 5.41) is 0. The molecular weight excluding hydrogens is 282 g/mol. The van der Waals surface area contributed by atoms with Crippen molar-refractivity contribution in [2.24, 2.45) is 0 Å². The maximum absolute atomic E-state index is 11.5. The van der Waals surface area contributed by atoms with Gasteiger partial charge in [0, 0.05) is 12.6 Å². The highest BCUT2D eigenvalue weighted by Gasteiger charge is 2.14. The molecule has 1 heterocycles. The number of hydrogen-bond donors (Lipinski definition) is 1. The zero-order valence-corrected chi connectivity index (χ0v) is 11.8. The van der Waals surface area contributed by atoms with Crippen molar-refractivity contribution in [3.8, 4) is 17.2 Å². The van der Waals surface area contributed by atoms with Crippen molar-refractivity contribution in [3.05, 3.63) is 30.9 Å². The number of rotatable bonds is 8. The molecule has 7 heteroatoms. The molecule has 1 aromatic carbocycles. The van der Waals surface area contributed by atoms with Crippen LogP contribution in [0.1, 0.15) is 6.42 Å². The summed E-state index contributed by atoms with van der Waals surface area (Å²) in [5.41, 5.74) is 0. The highest BCUT2D eigenvalue weighted by Crippen LogP contribution is 2.35. The maximum Gasteiger partial charge on any atom is 0.231 e. The van der Waals surface area contributed by atoms with E-state index in [1.807, 2.05) is 0 Å². The van der Waals surface area contributed by atoms with Crippen molar-refractivity contribution in [1.29, 1.82) is 0 Å². The first-order valence-electron chi connectivity index (χ1n) is 6.21. The van der Waals surface area contributed by atoms with E-state index >= 15 is 0 Å². The number of nitrogens with one attached hydrogen (secondary N) is 1. The van der Waals surface area contributed by atoms with Crippen molar-refractivity contribution in [3.63, 3.8) is 0 Å². The monoisotopic (exact) mass is 299 g/mol. The SMILES string of the molecule is C=CCNS(=O)(=O)CCCOc1ccc2c(c1)OCO2. The molecular formula is C13H17NO5S. The van der Waals surface area contributed by atoms with Crippen molar-refractivity contribution in [2.45, 2.75) is 6.42 Å². The maximum atomic E-state index is 11.5. The van der Waals surface area contributed by atoms with E-state index in [0.29, 0.717) is 30.3 Å². The molecule has 0 unspecified atom stereocenters. The van der Waals surface area contributed by atoms with Crippen LogP contribution < -0.4 is 18.9 Å². The van der Waals surface area contributed by atoms with Crippen LogP contribution >= 0.6 is 0 Å². The summed E-state index contributed by atoms with van der Waals surface area (Å²) in [5.74, 6) is 1.98. The van der Waals surface area contributed by atoms with Crippen LogP contribution in [0.3, 0.4) is 0 Å². The zero-order chi connectivity index (χ0) is 14.4. The van der Waals surface area contributed by atoms with E-state index in [1.54, 1.807) is 18.2 Å². The predicted octanol–water partition coefficient (Wildman–Crippen LogP) is 1.29. The summed E-state index contributed by atoms with van der Waals surface area (Å²) in [6, 6.07) is 5.25. The first-order chi connectivity index (χ1) is 9.61. The minimum atomic E-state index is -3.25. The van der Waals surface area contributed by atoms with Gasteiger partial charge in [0.05, 0.1) is 12.4 Å². The molecule has 1 N–H and O–H groups in total. The lowest BCUT2D eigenvalue weighted by Gasteiger charge is -2.07. The van der Waals surface area contributed by atoms with Gasteiger partial charge in [-0.15, -0.1) is 6.58 Å². The average molecular weight is 299 g/mol. The van der Waals surface area contributed by atoms with Crippen LogP contribution in [0.4, 0.5) is 0 Å². The predicted molar refractivity (Wildman–Crippen MR) is 74.7 cm³/mol. The van der Waals surface area contributed by atoms with E-state index < -0.39 is 10.0 Å². The molecule has 0 atom stereocenters. The van der Waals surface area contributed by atoms with Crippen LogP contribution in [-0.2, 0) is 10.0 Å². The summed E-state index contributed by atoms with van der Waals surface area (Å²) in [6.45, 7) is 4.22. The Hall–Kier alpha value is -1.73. The highest BCUT2D eigenvalue weighted by atomic mass is 32.2. The van der Waals surface area contributed by atoms with E-state index in [1.165, 1.54) is 6.08 Å². The normalized spacial score (nSPS) is 13.2. The quantitative estimate of drug-likeness (QED) is 0.578. The van der Waals surface area contributed by atoms with Gasteiger partial charge in [-0.1, -0.05) is 6.08 Å². The van der Waals surface area contributed by atoms with Crippen LogP contribution in [0.5, 0.6) is 17.2 Å². The Kier molecular flexibility index (Phi) is 4.86. The molecule has 110 valence electrons. The molecule has 20 heavy (non-hydrogen) atoms. The second-order valence-electron chi connectivity index (χ2n) is 4.17. The molecule has 0 aromatic heterocycles. The third kappa shape index (κ3) is 4.14. The van der Waals surface area contributed by atoms with E-state index in [2.05, 4.69) is 11.3 Å².